The molecule has 0 spiro atoms. The van der Waals surface area contributed by atoms with E-state index in [1.165, 1.54) is 24.3 Å². The summed E-state index contributed by atoms with van der Waals surface area (Å²) < 4.78 is 52.9. The Morgan fingerprint density at radius 1 is 0.667 bits per heavy atom. The van der Waals surface area contributed by atoms with Crippen molar-refractivity contribution in [1.82, 2.24) is 0 Å². The second-order valence-electron chi connectivity index (χ2n) is 3.54. The molecule has 0 heterocycles. The fourth-order valence-corrected chi connectivity index (χ4v) is 1.75. The van der Waals surface area contributed by atoms with Gasteiger partial charge in [-0.15, -0.1) is 0 Å². The first kappa shape index (κ1) is 26.3. The molecule has 2 rings (SSSR count). The van der Waals surface area contributed by atoms with Gasteiger partial charge >= 0.3 is 75.6 Å². The maximum atomic E-state index is 12.2. The van der Waals surface area contributed by atoms with Crippen molar-refractivity contribution in [2.75, 3.05) is 0 Å². The summed E-state index contributed by atoms with van der Waals surface area (Å²) in [5.41, 5.74) is 0. The first-order valence-corrected chi connectivity index (χ1v) is 7.72. The molecule has 0 saturated carbocycles. The van der Waals surface area contributed by atoms with Gasteiger partial charge < -0.3 is 9.79 Å². The third-order valence-electron chi connectivity index (χ3n) is 1.99. The van der Waals surface area contributed by atoms with Crippen molar-refractivity contribution < 1.29 is 95.9 Å². The summed E-state index contributed by atoms with van der Waals surface area (Å²) in [5.74, 6) is -0.637. The molecule has 0 N–H and O–H groups in total. The summed E-state index contributed by atoms with van der Waals surface area (Å²) in [7, 11) is -5.82. The van der Waals surface area contributed by atoms with Crippen LogP contribution in [0.1, 0.15) is 0 Å². The van der Waals surface area contributed by atoms with Crippen LogP contribution in [0.25, 0.3) is 0 Å². The molecule has 0 radical (unpaired) electrons. The molecule has 0 amide bonds. The summed E-state index contributed by atoms with van der Waals surface area (Å²) in [6.45, 7) is 0. The Kier molecular flexibility index (Phi) is 15.6. The maximum absolute atomic E-state index is 12.2. The van der Waals surface area contributed by atoms with Crippen molar-refractivity contribution in [1.29, 1.82) is 0 Å². The van der Waals surface area contributed by atoms with Gasteiger partial charge in [0.2, 0.25) is 0 Å². The molecule has 2 unspecified atom stereocenters. The Morgan fingerprint density at radius 3 is 1.12 bits per heavy atom. The van der Waals surface area contributed by atoms with E-state index in [2.05, 4.69) is 9.05 Å². The zero-order valence-corrected chi connectivity index (χ0v) is 18.5. The van der Waals surface area contributed by atoms with Crippen molar-refractivity contribution in [3.05, 3.63) is 60.2 Å². The van der Waals surface area contributed by atoms with Crippen LogP contribution >= 0.6 is 16.5 Å². The van der Waals surface area contributed by atoms with Gasteiger partial charge in [-0.25, -0.2) is 8.78 Å². The third kappa shape index (κ3) is 12.4. The summed E-state index contributed by atoms with van der Waals surface area (Å²) in [4.78, 5) is 19.9. The minimum Gasteiger partial charge on any atom is -0.558 e. The largest absolute Gasteiger partial charge is 1.00 e. The molecule has 0 aliphatic heterocycles. The molecule has 6 nitrogen and oxygen atoms in total. The van der Waals surface area contributed by atoms with Crippen molar-refractivity contribution >= 4 is 16.5 Å². The zero-order valence-electron chi connectivity index (χ0n) is 12.7. The van der Waals surface area contributed by atoms with E-state index in [0.29, 0.717) is 0 Å². The number of halogens is 2. The number of benzene rings is 2. The minimum atomic E-state index is -2.91. The smallest absolute Gasteiger partial charge is 0.558 e. The monoisotopic (exact) mass is 394 g/mol. The molecule has 12 heteroatoms. The van der Waals surface area contributed by atoms with Crippen LogP contribution in [0.2, 0.25) is 0 Å². The van der Waals surface area contributed by atoms with E-state index < -0.39 is 28.1 Å². The Bertz CT molecular complexity index is 586. The van der Waals surface area contributed by atoms with Crippen LogP contribution < -0.4 is 77.9 Å². The molecule has 0 fully saturated rings. The van der Waals surface area contributed by atoms with Crippen molar-refractivity contribution in [2.45, 2.75) is 0 Å². The van der Waals surface area contributed by atoms with E-state index in [9.17, 15) is 27.7 Å². The van der Waals surface area contributed by atoms with Crippen LogP contribution in [0, 0.1) is 11.6 Å². The first-order chi connectivity index (χ1) is 10.4. The molecule has 2 aromatic carbocycles. The molecule has 2 aromatic rings. The van der Waals surface area contributed by atoms with Gasteiger partial charge in [-0.3, -0.25) is 9.05 Å². The van der Waals surface area contributed by atoms with E-state index in [1.54, 1.807) is 0 Å². The summed E-state index contributed by atoms with van der Waals surface area (Å²) in [5, 5.41) is 0. The molecular formula is C12H8F2Na2O6P2+2. The maximum Gasteiger partial charge on any atom is 1.00 e. The Hall–Kier alpha value is 0.0200. The standard InChI is InChI=1S/2C6H4FO3P.2Na/c2*7-5-1-3-6(4-2-5)10-11(8)9;;/h2*1-4H;;/q;;2*+1. The van der Waals surface area contributed by atoms with E-state index in [1.807, 2.05) is 0 Å². The predicted molar refractivity (Wildman–Crippen MR) is 69.3 cm³/mol. The second-order valence-corrected chi connectivity index (χ2v) is 4.80. The number of rotatable bonds is 4. The molecule has 0 aromatic heterocycles. The molecule has 116 valence electrons. The van der Waals surface area contributed by atoms with Crippen LogP contribution in [0.3, 0.4) is 0 Å². The molecule has 0 aliphatic carbocycles. The van der Waals surface area contributed by atoms with E-state index in [-0.39, 0.29) is 70.6 Å². The average molecular weight is 394 g/mol. The fraction of sp³-hybridized carbons (Fsp3) is 0. The van der Waals surface area contributed by atoms with Gasteiger partial charge in [-0.05, 0) is 57.7 Å². The van der Waals surface area contributed by atoms with Gasteiger partial charge in [0.1, 0.15) is 11.6 Å². The van der Waals surface area contributed by atoms with Crippen molar-refractivity contribution in [3.8, 4) is 11.5 Å². The summed E-state index contributed by atoms with van der Waals surface area (Å²) >= 11 is 0. The SMILES string of the molecule is O=[P+]([O-])Oc1ccc(F)cc1.O=[P+]([O-])Oc1ccc(F)cc1.[Na+].[Na+]. The van der Waals surface area contributed by atoms with E-state index >= 15 is 0 Å². The topological polar surface area (TPSA) is 98.7 Å². The predicted octanol–water partition coefficient (Wildman–Crippen LogP) is -3.55. The minimum absolute atomic E-state index is 0. The van der Waals surface area contributed by atoms with E-state index in [4.69, 9.17) is 0 Å². The summed E-state index contributed by atoms with van der Waals surface area (Å²) in [6.07, 6.45) is 0. The average Bonchev–Trinajstić information content (AvgIpc) is 2.44. The Morgan fingerprint density at radius 2 is 0.917 bits per heavy atom. The van der Waals surface area contributed by atoms with Gasteiger partial charge in [0.05, 0.1) is 0 Å². The van der Waals surface area contributed by atoms with Crippen LogP contribution in [0.4, 0.5) is 8.78 Å². The Labute approximate surface area is 182 Å². The molecule has 24 heavy (non-hydrogen) atoms. The Balaban J connectivity index is 0. The van der Waals surface area contributed by atoms with Gasteiger partial charge in [0, 0.05) is 0 Å². The van der Waals surface area contributed by atoms with E-state index in [0.717, 1.165) is 24.3 Å². The number of hydrogen-bond acceptors (Lipinski definition) is 6. The first-order valence-electron chi connectivity index (χ1n) is 5.52. The molecular weight excluding hydrogens is 386 g/mol. The molecule has 0 aliphatic rings. The van der Waals surface area contributed by atoms with Crippen LogP contribution in [0.5, 0.6) is 11.5 Å². The fourth-order valence-electron chi connectivity index (χ4n) is 1.16. The van der Waals surface area contributed by atoms with Crippen molar-refractivity contribution in [2.24, 2.45) is 0 Å². The van der Waals surface area contributed by atoms with Gasteiger partial charge in [-0.1, -0.05) is 0 Å². The van der Waals surface area contributed by atoms with Gasteiger partial charge in [-0.2, -0.15) is 0 Å². The molecule has 0 saturated heterocycles. The second kappa shape index (κ2) is 14.2. The summed E-state index contributed by atoms with van der Waals surface area (Å²) in [6, 6.07) is 9.42. The normalized spacial score (nSPS) is 10.0. The van der Waals surface area contributed by atoms with Gasteiger partial charge in [0.25, 0.3) is 0 Å². The quantitative estimate of drug-likeness (QED) is 0.394. The van der Waals surface area contributed by atoms with Crippen LogP contribution in [-0.4, -0.2) is 0 Å². The van der Waals surface area contributed by atoms with Crippen LogP contribution in [-0.2, 0) is 9.13 Å². The van der Waals surface area contributed by atoms with Crippen molar-refractivity contribution in [3.63, 3.8) is 0 Å². The molecule has 0 bridgehead atoms. The van der Waals surface area contributed by atoms with Gasteiger partial charge in [0.15, 0.2) is 11.5 Å². The molecule has 2 atom stereocenters. The third-order valence-corrected chi connectivity index (χ3v) is 2.71. The van der Waals surface area contributed by atoms with Crippen LogP contribution in [0.15, 0.2) is 48.5 Å². The number of hydrogen-bond donors (Lipinski definition) is 0. The zero-order chi connectivity index (χ0) is 16.5.